The van der Waals surface area contributed by atoms with Gasteiger partial charge in [-0.3, -0.25) is 4.79 Å². The normalized spacial score (nSPS) is 13.3. The number of rotatable bonds is 13. The molecule has 148 valence electrons. The summed E-state index contributed by atoms with van der Waals surface area (Å²) in [6.07, 6.45) is 4.70. The van der Waals surface area contributed by atoms with Gasteiger partial charge in [0.25, 0.3) is 5.91 Å². The summed E-state index contributed by atoms with van der Waals surface area (Å²) < 4.78 is 16.4. The van der Waals surface area contributed by atoms with E-state index in [1.165, 1.54) is 0 Å². The van der Waals surface area contributed by atoms with Crippen molar-refractivity contribution in [3.8, 4) is 5.75 Å². The molecule has 1 aromatic rings. The van der Waals surface area contributed by atoms with E-state index >= 15 is 0 Å². The zero-order chi connectivity index (χ0) is 19.4. The number of unbranched alkanes of at least 4 members (excludes halogenated alkanes) is 2. The zero-order valence-corrected chi connectivity index (χ0v) is 17.2. The van der Waals surface area contributed by atoms with Crippen LogP contribution in [0.4, 0.5) is 5.69 Å². The molecule has 1 N–H and O–H groups in total. The molecule has 6 heteroatoms. The van der Waals surface area contributed by atoms with E-state index in [2.05, 4.69) is 12.2 Å². The van der Waals surface area contributed by atoms with E-state index in [9.17, 15) is 4.79 Å². The summed E-state index contributed by atoms with van der Waals surface area (Å²) in [5.41, 5.74) is -0.216. The number of hydrogen-bond acceptors (Lipinski definition) is 4. The first kappa shape index (κ1) is 22.7. The van der Waals surface area contributed by atoms with Gasteiger partial charge in [0, 0.05) is 19.4 Å². The quantitative estimate of drug-likeness (QED) is 0.481. The van der Waals surface area contributed by atoms with Gasteiger partial charge in [-0.1, -0.05) is 44.7 Å². The van der Waals surface area contributed by atoms with Crippen molar-refractivity contribution in [1.29, 1.82) is 0 Å². The molecule has 1 amide bonds. The molecule has 5 nitrogen and oxygen atoms in total. The first-order valence-electron chi connectivity index (χ1n) is 9.33. The fourth-order valence-electron chi connectivity index (χ4n) is 2.48. The fraction of sp³-hybridized carbons (Fsp3) is 0.650. The minimum Gasteiger partial charge on any atom is -0.490 e. The number of methoxy groups -OCH3 is 1. The molecule has 0 saturated carbocycles. The second-order valence-electron chi connectivity index (χ2n) is 6.48. The van der Waals surface area contributed by atoms with Crippen LogP contribution in [-0.4, -0.2) is 38.4 Å². The molecule has 0 saturated heterocycles. The molecule has 0 aromatic heterocycles. The number of halogens is 1. The van der Waals surface area contributed by atoms with Gasteiger partial charge in [-0.15, -0.1) is 0 Å². The Morgan fingerprint density at radius 3 is 2.54 bits per heavy atom. The Balaban J connectivity index is 2.76. The van der Waals surface area contributed by atoms with Gasteiger partial charge in [0.1, 0.15) is 18.0 Å². The van der Waals surface area contributed by atoms with Crippen molar-refractivity contribution < 1.29 is 19.0 Å². The molecule has 0 heterocycles. The lowest BCUT2D eigenvalue weighted by Crippen LogP contribution is -2.43. The third kappa shape index (κ3) is 7.52. The van der Waals surface area contributed by atoms with Gasteiger partial charge in [0.2, 0.25) is 0 Å². The number of carbonyl (C=O) groups is 1. The van der Waals surface area contributed by atoms with Crippen molar-refractivity contribution in [1.82, 2.24) is 0 Å². The van der Waals surface area contributed by atoms with Gasteiger partial charge in [0.15, 0.2) is 0 Å². The van der Waals surface area contributed by atoms with Gasteiger partial charge in [-0.25, -0.2) is 0 Å². The van der Waals surface area contributed by atoms with Crippen LogP contribution in [0.1, 0.15) is 52.9 Å². The zero-order valence-electron chi connectivity index (χ0n) is 16.4. The highest BCUT2D eigenvalue weighted by atomic mass is 35.5. The Morgan fingerprint density at radius 2 is 1.92 bits per heavy atom. The van der Waals surface area contributed by atoms with E-state index in [-0.39, 0.29) is 5.91 Å². The molecule has 1 aromatic carbocycles. The van der Waals surface area contributed by atoms with E-state index in [4.69, 9.17) is 25.8 Å². The van der Waals surface area contributed by atoms with Crippen LogP contribution < -0.4 is 10.1 Å². The number of benzene rings is 1. The number of hydrogen-bond donors (Lipinski definition) is 1. The largest absolute Gasteiger partial charge is 0.490 e. The highest BCUT2D eigenvalue weighted by Gasteiger charge is 2.33. The second-order valence-corrected chi connectivity index (χ2v) is 6.88. The van der Waals surface area contributed by atoms with E-state index < -0.39 is 5.60 Å². The average Bonchev–Trinajstić information content (AvgIpc) is 2.62. The third-order valence-electron chi connectivity index (χ3n) is 4.10. The maximum Gasteiger partial charge on any atom is 0.256 e. The summed E-state index contributed by atoms with van der Waals surface area (Å²) in [6.45, 7) is 7.50. The van der Waals surface area contributed by atoms with Crippen LogP contribution in [0.2, 0.25) is 5.02 Å². The van der Waals surface area contributed by atoms with Crippen molar-refractivity contribution in [2.24, 2.45) is 0 Å². The smallest absolute Gasteiger partial charge is 0.256 e. The number of anilines is 1. The van der Waals surface area contributed by atoms with Gasteiger partial charge >= 0.3 is 0 Å². The predicted octanol–water partition coefficient (Wildman–Crippen LogP) is 5.07. The maximum atomic E-state index is 12.8. The Morgan fingerprint density at radius 1 is 1.15 bits per heavy atom. The Labute approximate surface area is 162 Å². The van der Waals surface area contributed by atoms with Crippen LogP contribution in [0.25, 0.3) is 0 Å². The van der Waals surface area contributed by atoms with Gasteiger partial charge in [0.05, 0.1) is 11.6 Å². The average molecular weight is 386 g/mol. The lowest BCUT2D eigenvalue weighted by atomic mass is 9.96. The molecular formula is C20H32ClNO4. The molecule has 0 bridgehead atoms. The SMILES string of the molecule is CCCCCC(C)(OCCC)C(=O)Nc1ccc(OCCOC)c(Cl)c1. The summed E-state index contributed by atoms with van der Waals surface area (Å²) in [6, 6.07) is 5.21. The molecule has 0 aliphatic heterocycles. The number of nitrogens with one attached hydrogen (secondary N) is 1. The minimum atomic E-state index is -0.842. The predicted molar refractivity (Wildman–Crippen MR) is 106 cm³/mol. The van der Waals surface area contributed by atoms with E-state index in [0.717, 1.165) is 25.7 Å². The Hall–Kier alpha value is -1.30. The molecule has 26 heavy (non-hydrogen) atoms. The summed E-state index contributed by atoms with van der Waals surface area (Å²) >= 11 is 6.24. The summed E-state index contributed by atoms with van der Waals surface area (Å²) in [7, 11) is 1.61. The lowest BCUT2D eigenvalue weighted by Gasteiger charge is -2.29. The van der Waals surface area contributed by atoms with Crippen LogP contribution in [0.3, 0.4) is 0 Å². The fourth-order valence-corrected chi connectivity index (χ4v) is 2.72. The molecule has 0 radical (unpaired) electrons. The molecule has 0 fully saturated rings. The highest BCUT2D eigenvalue weighted by Crippen LogP contribution is 2.29. The molecule has 0 aliphatic rings. The van der Waals surface area contributed by atoms with Gasteiger partial charge in [-0.2, -0.15) is 0 Å². The van der Waals surface area contributed by atoms with E-state index in [0.29, 0.717) is 42.7 Å². The maximum absolute atomic E-state index is 12.8. The molecule has 0 aliphatic carbocycles. The summed E-state index contributed by atoms with van der Waals surface area (Å²) in [4.78, 5) is 12.8. The van der Waals surface area contributed by atoms with Crippen LogP contribution in [0.5, 0.6) is 5.75 Å². The van der Waals surface area contributed by atoms with Crippen molar-refractivity contribution >= 4 is 23.2 Å². The van der Waals surface area contributed by atoms with Gasteiger partial charge < -0.3 is 19.5 Å². The number of carbonyl (C=O) groups excluding carboxylic acids is 1. The molecular weight excluding hydrogens is 354 g/mol. The van der Waals surface area contributed by atoms with Crippen molar-refractivity contribution in [3.63, 3.8) is 0 Å². The molecule has 1 unspecified atom stereocenters. The first-order valence-corrected chi connectivity index (χ1v) is 9.71. The standard InChI is InChI=1S/C20H32ClNO4/c1-5-7-8-11-20(3,26-12-6-2)19(23)22-16-9-10-18(17(21)15-16)25-14-13-24-4/h9-10,15H,5-8,11-14H2,1-4H3,(H,22,23). The third-order valence-corrected chi connectivity index (χ3v) is 4.39. The van der Waals surface area contributed by atoms with Gasteiger partial charge in [-0.05, 0) is 38.0 Å². The van der Waals surface area contributed by atoms with Crippen molar-refractivity contribution in [2.75, 3.05) is 32.2 Å². The number of ether oxygens (including phenoxy) is 3. The lowest BCUT2D eigenvalue weighted by molar-refractivity contribution is -0.140. The Bertz CT molecular complexity index is 553. The van der Waals surface area contributed by atoms with E-state index in [1.54, 1.807) is 25.3 Å². The van der Waals surface area contributed by atoms with Crippen LogP contribution in [0.15, 0.2) is 18.2 Å². The van der Waals surface area contributed by atoms with Crippen LogP contribution in [-0.2, 0) is 14.3 Å². The monoisotopic (exact) mass is 385 g/mol. The highest BCUT2D eigenvalue weighted by molar-refractivity contribution is 6.32. The molecule has 1 atom stereocenters. The second kappa shape index (κ2) is 12.2. The summed E-state index contributed by atoms with van der Waals surface area (Å²) in [5.74, 6) is 0.417. The minimum absolute atomic E-state index is 0.147. The van der Waals surface area contributed by atoms with Crippen LogP contribution >= 0.6 is 11.6 Å². The van der Waals surface area contributed by atoms with Crippen LogP contribution in [0, 0.1) is 0 Å². The van der Waals surface area contributed by atoms with E-state index in [1.807, 2.05) is 13.8 Å². The topological polar surface area (TPSA) is 56.8 Å². The summed E-state index contributed by atoms with van der Waals surface area (Å²) in [5, 5.41) is 3.37. The van der Waals surface area contributed by atoms with Crippen molar-refractivity contribution in [2.45, 2.75) is 58.5 Å². The number of amides is 1. The molecule has 1 rings (SSSR count). The Kier molecular flexibility index (Phi) is 10.6. The van der Waals surface area contributed by atoms with Crippen molar-refractivity contribution in [3.05, 3.63) is 23.2 Å². The molecule has 0 spiro atoms. The first-order chi connectivity index (χ1) is 12.5.